The van der Waals surface area contributed by atoms with Gasteiger partial charge in [0.1, 0.15) is 11.5 Å². The molecule has 0 radical (unpaired) electrons. The first kappa shape index (κ1) is 28.0. The predicted molar refractivity (Wildman–Crippen MR) is 155 cm³/mol. The van der Waals surface area contributed by atoms with Gasteiger partial charge in [0.15, 0.2) is 0 Å². The van der Waals surface area contributed by atoms with Gasteiger partial charge in [0.05, 0.1) is 0 Å². The molecule has 0 spiro atoms. The zero-order valence-corrected chi connectivity index (χ0v) is 22.4. The highest BCUT2D eigenvalue weighted by Crippen LogP contribution is 2.26. The summed E-state index contributed by atoms with van der Waals surface area (Å²) in [7, 11) is 0. The summed E-state index contributed by atoms with van der Waals surface area (Å²) in [4.78, 5) is 28.8. The van der Waals surface area contributed by atoms with Gasteiger partial charge >= 0.3 is 6.03 Å². The molecule has 3 aromatic carbocycles. The number of unbranched alkanes of at least 4 members (excludes halogenated alkanes) is 3. The number of anilines is 3. The van der Waals surface area contributed by atoms with Gasteiger partial charge in [-0.05, 0) is 92.8 Å². The lowest BCUT2D eigenvalue weighted by molar-refractivity contribution is -0.129. The monoisotopic (exact) mass is 530 g/mol. The minimum absolute atomic E-state index is 0.197. The number of ether oxygens (including phenoxy) is 1. The van der Waals surface area contributed by atoms with Gasteiger partial charge in [0.2, 0.25) is 5.91 Å². The number of nitrogens with one attached hydrogen (secondary N) is 2. The van der Waals surface area contributed by atoms with Crippen molar-refractivity contribution in [2.75, 3.05) is 34.8 Å². The van der Waals surface area contributed by atoms with E-state index in [1.54, 1.807) is 10.4 Å². The van der Waals surface area contributed by atoms with Crippen molar-refractivity contribution in [2.45, 2.75) is 51.4 Å². The van der Waals surface area contributed by atoms with Crippen LogP contribution in [0, 0.1) is 0 Å². The van der Waals surface area contributed by atoms with E-state index in [2.05, 4.69) is 22.3 Å². The van der Waals surface area contributed by atoms with Gasteiger partial charge in [-0.1, -0.05) is 31.0 Å². The van der Waals surface area contributed by atoms with E-state index in [0.29, 0.717) is 30.8 Å². The molecular weight excluding hydrogens is 492 g/mol. The smallest absolute Gasteiger partial charge is 0.326 e. The molecule has 3 amide bonds. The first-order valence-corrected chi connectivity index (χ1v) is 13.8. The van der Waals surface area contributed by atoms with Gasteiger partial charge in [-0.15, -0.1) is 0 Å². The first-order valence-electron chi connectivity index (χ1n) is 13.8. The van der Waals surface area contributed by atoms with Gasteiger partial charge in [0, 0.05) is 43.1 Å². The average molecular weight is 531 g/mol. The second-order valence-electron chi connectivity index (χ2n) is 9.78. The molecular formula is C31H38N4O4. The summed E-state index contributed by atoms with van der Waals surface area (Å²) in [5, 5.41) is 11.7. The number of piperidine rings is 1. The Morgan fingerprint density at radius 1 is 0.795 bits per heavy atom. The number of nitrogens with zero attached hydrogens (tertiary/aromatic N) is 2. The molecule has 0 atom stereocenters. The number of urea groups is 1. The van der Waals surface area contributed by atoms with E-state index in [-0.39, 0.29) is 11.9 Å². The Hall–Kier alpha value is -4.04. The molecule has 1 fully saturated rings. The van der Waals surface area contributed by atoms with Crippen LogP contribution in [0.4, 0.5) is 21.9 Å². The van der Waals surface area contributed by atoms with E-state index in [1.165, 1.54) is 24.9 Å². The second kappa shape index (κ2) is 14.8. The zero-order chi connectivity index (χ0) is 27.3. The maximum atomic E-state index is 13.4. The normalized spacial score (nSPS) is 13.0. The number of hydroxylamine groups is 1. The minimum atomic E-state index is -0.370. The van der Waals surface area contributed by atoms with Crippen LogP contribution < -0.4 is 25.3 Å². The topological polar surface area (TPSA) is 94.1 Å². The molecule has 39 heavy (non-hydrogen) atoms. The van der Waals surface area contributed by atoms with Gasteiger partial charge in [0.25, 0.3) is 0 Å². The molecule has 0 bridgehead atoms. The molecule has 3 aromatic rings. The summed E-state index contributed by atoms with van der Waals surface area (Å²) < 4.78 is 5.86. The summed E-state index contributed by atoms with van der Waals surface area (Å²) in [5.41, 5.74) is 4.39. The number of hydrogen-bond donors (Lipinski definition) is 3. The number of para-hydroxylation sites is 1. The molecule has 1 saturated heterocycles. The summed E-state index contributed by atoms with van der Waals surface area (Å²) in [6.07, 6.45) is 7.22. The largest absolute Gasteiger partial charge is 0.457 e. The zero-order valence-electron chi connectivity index (χ0n) is 22.4. The van der Waals surface area contributed by atoms with Crippen LogP contribution in [0.1, 0.15) is 51.4 Å². The van der Waals surface area contributed by atoms with Crippen LogP contribution in [0.3, 0.4) is 0 Å². The molecule has 1 heterocycles. The lowest BCUT2D eigenvalue weighted by atomic mass is 10.1. The Kier molecular flexibility index (Phi) is 10.6. The fourth-order valence-corrected chi connectivity index (χ4v) is 4.73. The van der Waals surface area contributed by atoms with Gasteiger partial charge in [-0.2, -0.15) is 0 Å². The molecule has 206 valence electrons. The van der Waals surface area contributed by atoms with Gasteiger partial charge < -0.3 is 15.0 Å². The Labute approximate surface area is 230 Å². The van der Waals surface area contributed by atoms with E-state index >= 15 is 0 Å². The third-order valence-corrected chi connectivity index (χ3v) is 6.87. The Bertz CT molecular complexity index is 1160. The number of carbonyl (C=O) groups is 2. The fraction of sp³-hybridized carbons (Fsp3) is 0.355. The van der Waals surface area contributed by atoms with Crippen LogP contribution in [-0.4, -0.2) is 36.8 Å². The van der Waals surface area contributed by atoms with Crippen LogP contribution in [-0.2, 0) is 4.79 Å². The highest BCUT2D eigenvalue weighted by molar-refractivity contribution is 6.01. The van der Waals surface area contributed by atoms with E-state index in [4.69, 9.17) is 9.94 Å². The van der Waals surface area contributed by atoms with Crippen molar-refractivity contribution < 1.29 is 19.5 Å². The summed E-state index contributed by atoms with van der Waals surface area (Å²) >= 11 is 0. The van der Waals surface area contributed by atoms with Crippen molar-refractivity contribution in [3.63, 3.8) is 0 Å². The van der Waals surface area contributed by atoms with E-state index in [9.17, 15) is 9.59 Å². The Morgan fingerprint density at radius 2 is 1.46 bits per heavy atom. The number of benzene rings is 3. The maximum absolute atomic E-state index is 13.4. The number of amides is 3. The maximum Gasteiger partial charge on any atom is 0.326 e. The molecule has 1 aliphatic heterocycles. The Morgan fingerprint density at radius 3 is 2.15 bits per heavy atom. The van der Waals surface area contributed by atoms with Crippen molar-refractivity contribution in [1.82, 2.24) is 5.48 Å². The van der Waals surface area contributed by atoms with Crippen molar-refractivity contribution in [1.29, 1.82) is 0 Å². The quantitative estimate of drug-likeness (QED) is 0.134. The average Bonchev–Trinajstić information content (AvgIpc) is 2.98. The first-order chi connectivity index (χ1) is 19.1. The van der Waals surface area contributed by atoms with Crippen molar-refractivity contribution in [2.24, 2.45) is 0 Å². The highest BCUT2D eigenvalue weighted by atomic mass is 16.5. The summed E-state index contributed by atoms with van der Waals surface area (Å²) in [6.45, 7) is 2.69. The van der Waals surface area contributed by atoms with Crippen molar-refractivity contribution >= 4 is 29.0 Å². The van der Waals surface area contributed by atoms with Crippen molar-refractivity contribution in [3.8, 4) is 11.5 Å². The summed E-state index contributed by atoms with van der Waals surface area (Å²) in [5.74, 6) is 1.08. The van der Waals surface area contributed by atoms with E-state index < -0.39 is 0 Å². The van der Waals surface area contributed by atoms with E-state index in [0.717, 1.165) is 43.8 Å². The van der Waals surface area contributed by atoms with Crippen LogP contribution >= 0.6 is 0 Å². The van der Waals surface area contributed by atoms with Gasteiger partial charge in [-0.25, -0.2) is 10.3 Å². The molecule has 8 heteroatoms. The van der Waals surface area contributed by atoms with E-state index in [1.807, 2.05) is 66.7 Å². The third kappa shape index (κ3) is 8.75. The van der Waals surface area contributed by atoms with Crippen molar-refractivity contribution in [3.05, 3.63) is 78.9 Å². The molecule has 1 aliphatic rings. The second-order valence-corrected chi connectivity index (χ2v) is 9.78. The van der Waals surface area contributed by atoms with Crippen LogP contribution in [0.25, 0.3) is 0 Å². The number of hydrogen-bond acceptors (Lipinski definition) is 5. The molecule has 0 unspecified atom stereocenters. The Balaban J connectivity index is 1.38. The van der Waals surface area contributed by atoms with Crippen LogP contribution in [0.5, 0.6) is 11.5 Å². The molecule has 4 rings (SSSR count). The standard InChI is InChI=1S/C31H38N4O4/c36-30(33-38)13-7-1-2-10-24-35(27-18-16-26(17-19-27)34-22-8-4-9-23-34)31(37)32-25-14-20-29(21-15-25)39-28-11-5-3-6-12-28/h3,5-6,11-12,14-21,38H,1-2,4,7-10,13,22-24H2,(H,32,37)(H,33,36). The summed E-state index contributed by atoms with van der Waals surface area (Å²) in [6, 6.07) is 25.0. The number of rotatable bonds is 12. The molecule has 0 aromatic heterocycles. The van der Waals surface area contributed by atoms with Gasteiger partial charge in [-0.3, -0.25) is 14.9 Å². The van der Waals surface area contributed by atoms with Crippen LogP contribution in [0.2, 0.25) is 0 Å². The predicted octanol–water partition coefficient (Wildman–Crippen LogP) is 6.96. The van der Waals surface area contributed by atoms with Crippen LogP contribution in [0.15, 0.2) is 78.9 Å². The lowest BCUT2D eigenvalue weighted by Gasteiger charge is -2.29. The minimum Gasteiger partial charge on any atom is -0.457 e. The molecule has 0 aliphatic carbocycles. The molecule has 8 nitrogen and oxygen atoms in total. The SMILES string of the molecule is O=C(CCCCCCN(C(=O)Nc1ccc(Oc2ccccc2)cc1)c1ccc(N2CCCCC2)cc1)NO. The fourth-order valence-electron chi connectivity index (χ4n) is 4.73. The number of carbonyl (C=O) groups excluding carboxylic acids is 2. The lowest BCUT2D eigenvalue weighted by Crippen LogP contribution is -2.36. The molecule has 3 N–H and O–H groups in total. The molecule has 0 saturated carbocycles. The highest BCUT2D eigenvalue weighted by Gasteiger charge is 2.17. The third-order valence-electron chi connectivity index (χ3n) is 6.87.